The molecule has 0 spiro atoms. The Hall–Kier alpha value is -3.59. The fourth-order valence-electron chi connectivity index (χ4n) is 3.31. The fraction of sp³-hybridized carbons (Fsp3) is 0.192. The Kier molecular flexibility index (Phi) is 6.98. The van der Waals surface area contributed by atoms with Crippen LogP contribution in [0, 0.1) is 12.7 Å². The van der Waals surface area contributed by atoms with Crippen molar-refractivity contribution >= 4 is 33.5 Å². The first-order valence-electron chi connectivity index (χ1n) is 10.8. The lowest BCUT2D eigenvalue weighted by atomic mass is 10.0. The van der Waals surface area contributed by atoms with Crippen LogP contribution in [0.3, 0.4) is 0 Å². The number of benzene rings is 3. The average molecular weight is 499 g/mol. The van der Waals surface area contributed by atoms with E-state index in [4.69, 9.17) is 0 Å². The van der Waals surface area contributed by atoms with Crippen molar-refractivity contribution in [3.63, 3.8) is 0 Å². The summed E-state index contributed by atoms with van der Waals surface area (Å²) in [6.45, 7) is 6.08. The summed E-state index contributed by atoms with van der Waals surface area (Å²) in [7, 11) is 0. The Morgan fingerprint density at radius 1 is 0.943 bits per heavy atom. The number of anilines is 2. The molecule has 0 saturated heterocycles. The van der Waals surface area contributed by atoms with E-state index in [-0.39, 0.29) is 11.4 Å². The van der Waals surface area contributed by atoms with Gasteiger partial charge in [0.2, 0.25) is 0 Å². The number of hydrogen-bond donors (Lipinski definition) is 1. The summed E-state index contributed by atoms with van der Waals surface area (Å²) in [6, 6.07) is 15.2. The van der Waals surface area contributed by atoms with Crippen molar-refractivity contribution in [2.45, 2.75) is 32.9 Å². The number of halogens is 4. The predicted octanol–water partition coefficient (Wildman–Crippen LogP) is 9.56. The van der Waals surface area contributed by atoms with Gasteiger partial charge in [-0.15, -0.1) is 16.5 Å². The minimum absolute atomic E-state index is 0.0669. The van der Waals surface area contributed by atoms with E-state index in [0.29, 0.717) is 28.0 Å². The number of azo groups is 1. The van der Waals surface area contributed by atoms with Crippen molar-refractivity contribution in [1.82, 2.24) is 4.98 Å². The van der Waals surface area contributed by atoms with Gasteiger partial charge in [-0.1, -0.05) is 32.0 Å². The molecule has 3 aromatic carbocycles. The van der Waals surface area contributed by atoms with Crippen LogP contribution in [0.25, 0.3) is 11.3 Å². The van der Waals surface area contributed by atoms with Gasteiger partial charge in [-0.3, -0.25) is 0 Å². The van der Waals surface area contributed by atoms with Crippen LogP contribution in [0.15, 0.2) is 76.3 Å². The van der Waals surface area contributed by atoms with Crippen LogP contribution in [0.5, 0.6) is 0 Å². The summed E-state index contributed by atoms with van der Waals surface area (Å²) in [5.41, 5.74) is 3.46. The Balaban J connectivity index is 1.56. The van der Waals surface area contributed by atoms with Crippen LogP contribution in [0.2, 0.25) is 0 Å². The second-order valence-corrected chi connectivity index (χ2v) is 9.17. The first kappa shape index (κ1) is 24.5. The topological polar surface area (TPSA) is 49.6 Å². The molecule has 4 aromatic rings. The molecule has 0 atom stereocenters. The third kappa shape index (κ3) is 5.92. The van der Waals surface area contributed by atoms with Crippen LogP contribution in [-0.2, 0) is 6.18 Å². The van der Waals surface area contributed by atoms with Gasteiger partial charge in [0.25, 0.3) is 0 Å². The summed E-state index contributed by atoms with van der Waals surface area (Å²) in [4.78, 5) is 4.43. The van der Waals surface area contributed by atoms with Crippen LogP contribution in [0.4, 0.5) is 39.8 Å². The third-order valence-corrected chi connectivity index (χ3v) is 6.11. The van der Waals surface area contributed by atoms with Gasteiger partial charge in [0.05, 0.1) is 16.9 Å². The number of hydrogen-bond acceptors (Lipinski definition) is 5. The molecule has 0 saturated carbocycles. The molecule has 1 aromatic heterocycles. The zero-order valence-electron chi connectivity index (χ0n) is 19.2. The molecular formula is C26H22F4N4S. The lowest BCUT2D eigenvalue weighted by molar-refractivity contribution is -0.137. The van der Waals surface area contributed by atoms with Crippen molar-refractivity contribution in [2.75, 3.05) is 5.32 Å². The SMILES string of the molecule is Cc1ccc(C(C)C)cc1N=Nc1cc(-c2csc(Nc3cccc(C(F)(F)F)c3)n2)ccc1F. The van der Waals surface area contributed by atoms with Crippen molar-refractivity contribution < 1.29 is 17.6 Å². The second kappa shape index (κ2) is 9.95. The van der Waals surface area contributed by atoms with Crippen molar-refractivity contribution in [2.24, 2.45) is 10.2 Å². The van der Waals surface area contributed by atoms with E-state index in [1.807, 2.05) is 25.1 Å². The Morgan fingerprint density at radius 2 is 1.71 bits per heavy atom. The second-order valence-electron chi connectivity index (χ2n) is 8.31. The first-order chi connectivity index (χ1) is 16.6. The van der Waals surface area contributed by atoms with E-state index in [2.05, 4.69) is 34.4 Å². The molecule has 4 rings (SSSR count). The number of nitrogens with one attached hydrogen (secondary N) is 1. The molecule has 35 heavy (non-hydrogen) atoms. The number of aryl methyl sites for hydroxylation is 1. The number of thiazole rings is 1. The number of nitrogens with zero attached hydrogens (tertiary/aromatic N) is 3. The molecule has 0 radical (unpaired) electrons. The van der Waals surface area contributed by atoms with E-state index in [1.54, 1.807) is 17.5 Å². The fourth-order valence-corrected chi connectivity index (χ4v) is 4.05. The van der Waals surface area contributed by atoms with E-state index < -0.39 is 17.6 Å². The van der Waals surface area contributed by atoms with E-state index in [9.17, 15) is 17.6 Å². The van der Waals surface area contributed by atoms with Crippen molar-refractivity contribution in [3.8, 4) is 11.3 Å². The smallest absolute Gasteiger partial charge is 0.332 e. The van der Waals surface area contributed by atoms with Crippen LogP contribution >= 0.6 is 11.3 Å². The standard InChI is InChI=1S/C26H22F4N4S/c1-15(2)17-8-7-16(3)22(11-17)33-34-23-12-18(9-10-21(23)27)24-14-35-25(32-24)31-20-6-4-5-19(13-20)26(28,29)30/h4-15H,1-3H3,(H,31,32). The van der Waals surface area contributed by atoms with Gasteiger partial charge in [-0.25, -0.2) is 9.37 Å². The van der Waals surface area contributed by atoms with Gasteiger partial charge >= 0.3 is 6.18 Å². The van der Waals surface area contributed by atoms with Gasteiger partial charge in [0.15, 0.2) is 10.9 Å². The Morgan fingerprint density at radius 3 is 2.46 bits per heavy atom. The summed E-state index contributed by atoms with van der Waals surface area (Å²) in [5.74, 6) is -0.194. The average Bonchev–Trinajstić information content (AvgIpc) is 3.27. The van der Waals surface area contributed by atoms with E-state index in [0.717, 1.165) is 23.3 Å². The van der Waals surface area contributed by atoms with Crippen LogP contribution in [-0.4, -0.2) is 4.98 Å². The van der Waals surface area contributed by atoms with Crippen LogP contribution in [0.1, 0.15) is 36.5 Å². The molecule has 1 N–H and O–H groups in total. The molecule has 0 fully saturated rings. The monoisotopic (exact) mass is 498 g/mol. The maximum atomic E-state index is 14.4. The predicted molar refractivity (Wildman–Crippen MR) is 132 cm³/mol. The number of aromatic nitrogens is 1. The minimum atomic E-state index is -4.43. The highest BCUT2D eigenvalue weighted by molar-refractivity contribution is 7.14. The normalized spacial score (nSPS) is 12.0. The van der Waals surface area contributed by atoms with Crippen molar-refractivity contribution in [1.29, 1.82) is 0 Å². The summed E-state index contributed by atoms with van der Waals surface area (Å²) in [6.07, 6.45) is -4.43. The molecule has 0 unspecified atom stereocenters. The minimum Gasteiger partial charge on any atom is -0.332 e. The molecule has 0 aliphatic carbocycles. The largest absolute Gasteiger partial charge is 0.416 e. The maximum absolute atomic E-state index is 14.4. The van der Waals surface area contributed by atoms with Crippen LogP contribution < -0.4 is 5.32 Å². The zero-order chi connectivity index (χ0) is 25.2. The highest BCUT2D eigenvalue weighted by Gasteiger charge is 2.30. The number of rotatable bonds is 6. The highest BCUT2D eigenvalue weighted by Crippen LogP contribution is 2.34. The summed E-state index contributed by atoms with van der Waals surface area (Å²) >= 11 is 1.23. The molecule has 9 heteroatoms. The third-order valence-electron chi connectivity index (χ3n) is 5.35. The van der Waals surface area contributed by atoms with Gasteiger partial charge in [-0.05, 0) is 66.4 Å². The summed E-state index contributed by atoms with van der Waals surface area (Å²) in [5, 5.41) is 13.4. The summed E-state index contributed by atoms with van der Waals surface area (Å²) < 4.78 is 53.3. The molecule has 0 bridgehead atoms. The quantitative estimate of drug-likeness (QED) is 0.213. The first-order valence-corrected chi connectivity index (χ1v) is 11.7. The molecule has 1 heterocycles. The molecule has 4 nitrogen and oxygen atoms in total. The Labute approximate surface area is 204 Å². The molecular weight excluding hydrogens is 476 g/mol. The molecule has 0 aliphatic rings. The van der Waals surface area contributed by atoms with E-state index in [1.165, 1.54) is 29.5 Å². The Bertz CT molecular complexity index is 1380. The number of alkyl halides is 3. The molecule has 0 aliphatic heterocycles. The van der Waals surface area contributed by atoms with Gasteiger partial charge in [-0.2, -0.15) is 18.3 Å². The zero-order valence-corrected chi connectivity index (χ0v) is 20.0. The lowest BCUT2D eigenvalue weighted by Crippen LogP contribution is -2.05. The van der Waals surface area contributed by atoms with Crippen molar-refractivity contribution in [3.05, 3.63) is 88.6 Å². The van der Waals surface area contributed by atoms with E-state index >= 15 is 0 Å². The van der Waals surface area contributed by atoms with Gasteiger partial charge in [0, 0.05) is 16.6 Å². The lowest BCUT2D eigenvalue weighted by Gasteiger charge is -2.09. The molecule has 0 amide bonds. The van der Waals surface area contributed by atoms with Gasteiger partial charge in [0.1, 0.15) is 5.69 Å². The molecule has 180 valence electrons. The maximum Gasteiger partial charge on any atom is 0.416 e. The van der Waals surface area contributed by atoms with Gasteiger partial charge < -0.3 is 5.32 Å². The highest BCUT2D eigenvalue weighted by atomic mass is 32.1.